The number of allylic oxidation sites excluding steroid dienone is 4. The number of aryl methyl sites for hydroxylation is 1. The lowest BCUT2D eigenvalue weighted by molar-refractivity contribution is 0.0700. The Kier molecular flexibility index (Phi) is 15.4. The maximum atomic E-state index is 6.18. The minimum Gasteiger partial charge on any atom is -0.398 e. The zero-order chi connectivity index (χ0) is 25.5. The van der Waals surface area contributed by atoms with Crippen LogP contribution < -0.4 is 11.2 Å². The van der Waals surface area contributed by atoms with E-state index in [-0.39, 0.29) is 0 Å². The van der Waals surface area contributed by atoms with Gasteiger partial charge < -0.3 is 10.5 Å². The van der Waals surface area contributed by atoms with Crippen LogP contribution in [0.3, 0.4) is 0 Å². The molecule has 0 amide bonds. The van der Waals surface area contributed by atoms with Gasteiger partial charge in [-0.25, -0.2) is 0 Å². The maximum absolute atomic E-state index is 6.18. The van der Waals surface area contributed by atoms with Gasteiger partial charge in [-0.15, -0.1) is 0 Å². The second-order valence-electron chi connectivity index (χ2n) is 8.78. The first-order chi connectivity index (χ1) is 16.2. The largest absolute Gasteiger partial charge is 0.398 e. The molecule has 1 fully saturated rings. The molecule has 3 unspecified atom stereocenters. The van der Waals surface area contributed by atoms with Crippen LogP contribution in [0.5, 0.6) is 0 Å². The number of aromatic nitrogens is 1. The van der Waals surface area contributed by atoms with Crippen LogP contribution in [0.15, 0.2) is 51.9 Å². The third-order valence-electron chi connectivity index (χ3n) is 5.93. The summed E-state index contributed by atoms with van der Waals surface area (Å²) in [6.07, 6.45) is 14.5. The minimum atomic E-state index is 0.456. The number of pyridine rings is 1. The normalized spacial score (nSPS) is 19.8. The zero-order valence-electron chi connectivity index (χ0n) is 22.4. The van der Waals surface area contributed by atoms with E-state index in [1.54, 1.807) is 6.21 Å². The van der Waals surface area contributed by atoms with Gasteiger partial charge in [0.2, 0.25) is 0 Å². The van der Waals surface area contributed by atoms with Crippen molar-refractivity contribution in [2.24, 2.45) is 10.7 Å². The van der Waals surface area contributed by atoms with Crippen LogP contribution in [0.25, 0.3) is 0 Å². The van der Waals surface area contributed by atoms with Gasteiger partial charge in [-0.2, -0.15) is 11.8 Å². The third kappa shape index (κ3) is 10.9. The van der Waals surface area contributed by atoms with Crippen LogP contribution in [0, 0.1) is 6.92 Å². The van der Waals surface area contributed by atoms with Crippen LogP contribution in [0.1, 0.15) is 84.8 Å². The van der Waals surface area contributed by atoms with Gasteiger partial charge in [0.1, 0.15) is 0 Å². The Balaban J connectivity index is 0.000000340. The van der Waals surface area contributed by atoms with E-state index in [0.29, 0.717) is 12.2 Å². The van der Waals surface area contributed by atoms with E-state index in [1.165, 1.54) is 29.5 Å². The standard InChI is InChI=1S/C15H26N2.C13H20NOPS/c1-6-9-10-11-14(13(5)17-8-3)15(16)12(4)7-2;1-9-5-6-14-13(16)12(9)8-17-7-11-4-3-10(2)15-11/h8,10-11H,6-7,9,16H2,1-5H3;5-6,10-11H,3-4,7-8,16H2,1-2H3/b11-10-,14-13-,15-12-,17-8?;. The molecule has 4 nitrogen and oxygen atoms in total. The Hall–Kier alpha value is -1.42. The molecule has 1 aliphatic heterocycles. The number of hydrogen-bond donors (Lipinski definition) is 1. The first kappa shape index (κ1) is 30.6. The van der Waals surface area contributed by atoms with Crippen LogP contribution in [-0.4, -0.2) is 29.2 Å². The second-order valence-corrected chi connectivity index (χ2v) is 10.4. The highest BCUT2D eigenvalue weighted by atomic mass is 32.2. The van der Waals surface area contributed by atoms with E-state index in [0.717, 1.165) is 53.2 Å². The molecule has 6 heteroatoms. The molecule has 1 saturated heterocycles. The summed E-state index contributed by atoms with van der Waals surface area (Å²) in [6.45, 7) is 14.6. The Labute approximate surface area is 215 Å². The summed E-state index contributed by atoms with van der Waals surface area (Å²) in [6, 6.07) is 2.08. The molecule has 0 radical (unpaired) electrons. The number of ether oxygens (including phenoxy) is 1. The van der Waals surface area contributed by atoms with Crippen molar-refractivity contribution in [3.8, 4) is 0 Å². The summed E-state index contributed by atoms with van der Waals surface area (Å²) in [7, 11) is 2.73. The van der Waals surface area contributed by atoms with Gasteiger partial charge >= 0.3 is 0 Å². The minimum absolute atomic E-state index is 0.456. The van der Waals surface area contributed by atoms with Crippen molar-refractivity contribution in [3.63, 3.8) is 0 Å². The van der Waals surface area contributed by atoms with Gasteiger partial charge in [0.15, 0.2) is 0 Å². The molecule has 0 aliphatic carbocycles. The molecule has 0 saturated carbocycles. The van der Waals surface area contributed by atoms with Crippen molar-refractivity contribution >= 4 is 32.7 Å². The number of nitrogens with two attached hydrogens (primary N) is 1. The Morgan fingerprint density at radius 1 is 1.32 bits per heavy atom. The fourth-order valence-corrected chi connectivity index (χ4v) is 5.32. The van der Waals surface area contributed by atoms with E-state index in [2.05, 4.69) is 72.1 Å². The van der Waals surface area contributed by atoms with Crippen molar-refractivity contribution in [1.82, 2.24) is 4.98 Å². The molecule has 0 bridgehead atoms. The van der Waals surface area contributed by atoms with Gasteiger partial charge in [-0.3, -0.25) is 9.98 Å². The molecule has 2 heterocycles. The van der Waals surface area contributed by atoms with Crippen molar-refractivity contribution in [1.29, 1.82) is 0 Å². The summed E-state index contributed by atoms with van der Waals surface area (Å²) >= 11 is 1.96. The van der Waals surface area contributed by atoms with Gasteiger partial charge in [0.05, 0.1) is 17.6 Å². The number of aliphatic imine (C=N–C) groups is 1. The number of nitrogens with zero attached hydrogens (tertiary/aromatic N) is 2. The summed E-state index contributed by atoms with van der Waals surface area (Å²) in [5, 5.41) is 0. The Morgan fingerprint density at radius 2 is 2.06 bits per heavy atom. The fraction of sp³-hybridized carbons (Fsp3) is 0.571. The lowest BCUT2D eigenvalue weighted by atomic mass is 10.0. The maximum Gasteiger partial charge on any atom is 0.0670 e. The average molecular weight is 504 g/mol. The topological polar surface area (TPSA) is 60.5 Å². The van der Waals surface area contributed by atoms with Gasteiger partial charge in [0, 0.05) is 40.9 Å². The predicted octanol–water partition coefficient (Wildman–Crippen LogP) is 7.04. The monoisotopic (exact) mass is 503 g/mol. The molecule has 3 atom stereocenters. The van der Waals surface area contributed by atoms with Crippen molar-refractivity contribution in [2.45, 2.75) is 98.5 Å². The first-order valence-corrected chi connectivity index (χ1v) is 14.2. The number of thioether (sulfide) groups is 1. The van der Waals surface area contributed by atoms with Gasteiger partial charge in [-0.1, -0.05) is 41.7 Å². The lowest BCUT2D eigenvalue weighted by Gasteiger charge is -2.12. The molecule has 1 aliphatic rings. The molecule has 190 valence electrons. The van der Waals surface area contributed by atoms with E-state index >= 15 is 0 Å². The third-order valence-corrected chi connectivity index (χ3v) is 7.52. The zero-order valence-corrected chi connectivity index (χ0v) is 24.3. The molecule has 1 aromatic rings. The van der Waals surface area contributed by atoms with Crippen molar-refractivity contribution in [2.75, 3.05) is 5.75 Å². The highest BCUT2D eigenvalue weighted by Crippen LogP contribution is 2.24. The summed E-state index contributed by atoms with van der Waals surface area (Å²) < 4.78 is 5.82. The van der Waals surface area contributed by atoms with Crippen molar-refractivity contribution in [3.05, 3.63) is 58.1 Å². The molecule has 1 aromatic heterocycles. The number of unbranched alkanes of at least 4 members (excludes halogenated alkanes) is 1. The van der Waals surface area contributed by atoms with E-state index in [1.807, 2.05) is 31.8 Å². The molecule has 34 heavy (non-hydrogen) atoms. The van der Waals surface area contributed by atoms with E-state index in [4.69, 9.17) is 10.5 Å². The molecule has 2 rings (SSSR count). The fourth-order valence-electron chi connectivity index (χ4n) is 3.55. The molecule has 2 N–H and O–H groups in total. The smallest absolute Gasteiger partial charge is 0.0670 e. The number of rotatable bonds is 10. The number of hydrogen-bond acceptors (Lipinski definition) is 5. The van der Waals surface area contributed by atoms with Gasteiger partial charge in [-0.05, 0) is 83.1 Å². The SMILES string of the molecule is CC=N/C(C)=C(/C=C\CCC)C(\N)=C(/C)CC.Cc1ccnc(P)c1CSCC1CCC(C)O1. The molecule has 0 spiro atoms. The van der Waals surface area contributed by atoms with Gasteiger partial charge in [0.25, 0.3) is 0 Å². The molecular weight excluding hydrogens is 457 g/mol. The van der Waals surface area contributed by atoms with Crippen LogP contribution in [-0.2, 0) is 10.5 Å². The first-order valence-electron chi connectivity index (χ1n) is 12.5. The summed E-state index contributed by atoms with van der Waals surface area (Å²) in [5.74, 6) is 2.13. The van der Waals surface area contributed by atoms with Crippen LogP contribution >= 0.6 is 21.0 Å². The Bertz CT molecular complexity index is 856. The second kappa shape index (κ2) is 17.1. The van der Waals surface area contributed by atoms with E-state index < -0.39 is 0 Å². The van der Waals surface area contributed by atoms with Crippen LogP contribution in [0.2, 0.25) is 0 Å². The predicted molar refractivity (Wildman–Crippen MR) is 156 cm³/mol. The average Bonchev–Trinajstić information content (AvgIpc) is 3.23. The molecule has 0 aromatic carbocycles. The summed E-state index contributed by atoms with van der Waals surface area (Å²) in [5.41, 5.74) is 14.1. The quantitative estimate of drug-likeness (QED) is 0.211. The lowest BCUT2D eigenvalue weighted by Crippen LogP contribution is -2.12. The van der Waals surface area contributed by atoms with Crippen LogP contribution in [0.4, 0.5) is 0 Å². The van der Waals surface area contributed by atoms with E-state index in [9.17, 15) is 0 Å². The Morgan fingerprint density at radius 3 is 2.62 bits per heavy atom. The van der Waals surface area contributed by atoms with Crippen molar-refractivity contribution < 1.29 is 4.74 Å². The molecular formula is C28H46N3OPS. The highest BCUT2D eigenvalue weighted by Gasteiger charge is 2.21. The summed E-state index contributed by atoms with van der Waals surface area (Å²) in [4.78, 5) is 8.65. The highest BCUT2D eigenvalue weighted by molar-refractivity contribution is 7.98.